The van der Waals surface area contributed by atoms with Crippen LogP contribution in [0.25, 0.3) is 0 Å². The van der Waals surface area contributed by atoms with E-state index >= 15 is 0 Å². The summed E-state index contributed by atoms with van der Waals surface area (Å²) in [6, 6.07) is 13.7. The largest absolute Gasteiger partial charge is 0.453 e. The number of halogens is 3. The molecule has 2 aromatic carbocycles. The summed E-state index contributed by atoms with van der Waals surface area (Å²) in [4.78, 5) is 17.5. The third-order valence-corrected chi connectivity index (χ3v) is 13.3. The lowest BCUT2D eigenvalue weighted by molar-refractivity contribution is 0.0608. The van der Waals surface area contributed by atoms with Crippen molar-refractivity contribution in [1.29, 1.82) is 0 Å². The summed E-state index contributed by atoms with van der Waals surface area (Å²) in [5.41, 5.74) is 1.18. The first-order valence-electron chi connectivity index (χ1n) is 17.0. The molecule has 2 aromatic rings. The molecule has 2 saturated carbocycles. The monoisotopic (exact) mass is 676 g/mol. The summed E-state index contributed by atoms with van der Waals surface area (Å²) in [7, 11) is -1.86. The fourth-order valence-corrected chi connectivity index (χ4v) is 10.2. The first-order valence-corrected chi connectivity index (χ1v) is 18.6. The minimum Gasteiger partial charge on any atom is -0.453 e. The molecule has 3 atom stereocenters. The SMILES string of the molecule is COC(=O)N[C@H]1CCC[C@@H]1[C@](CNCC(F)F)(c1cccc(F)c1)C1CCN(CC2CN(c3ccc(S(=O)(=O)C4CC4)cc3)C2)CC1. The molecular weight excluding hydrogens is 629 g/mol. The lowest BCUT2D eigenvalue weighted by Gasteiger charge is -2.51. The number of nitrogens with one attached hydrogen (secondary N) is 2. The zero-order valence-corrected chi connectivity index (χ0v) is 27.9. The highest BCUT2D eigenvalue weighted by Gasteiger charge is 2.52. The van der Waals surface area contributed by atoms with E-state index in [1.807, 2.05) is 18.2 Å². The topological polar surface area (TPSA) is 91.0 Å². The fraction of sp³-hybridized carbons (Fsp3) is 0.629. The second-order valence-electron chi connectivity index (χ2n) is 13.9. The van der Waals surface area contributed by atoms with Crippen LogP contribution < -0.4 is 15.5 Å². The summed E-state index contributed by atoms with van der Waals surface area (Å²) in [5.74, 6) is 0.156. The number of hydrogen-bond acceptors (Lipinski definition) is 7. The number of amides is 1. The zero-order chi connectivity index (χ0) is 33.2. The molecule has 258 valence electrons. The Kier molecular flexibility index (Phi) is 10.4. The van der Waals surface area contributed by atoms with Gasteiger partial charge in [-0.05, 0) is 105 Å². The number of rotatable bonds is 13. The molecule has 2 saturated heterocycles. The van der Waals surface area contributed by atoms with E-state index in [1.165, 1.54) is 13.2 Å². The van der Waals surface area contributed by atoms with Crippen molar-refractivity contribution in [2.75, 3.05) is 57.8 Å². The van der Waals surface area contributed by atoms with E-state index in [9.17, 15) is 26.4 Å². The van der Waals surface area contributed by atoms with Gasteiger partial charge in [-0.2, -0.15) is 0 Å². The molecular formula is C35H47F3N4O4S. The summed E-state index contributed by atoms with van der Waals surface area (Å²) in [6.45, 7) is 4.28. The molecule has 0 spiro atoms. The van der Waals surface area contributed by atoms with Crippen LogP contribution in [0, 0.1) is 23.6 Å². The molecule has 2 aliphatic carbocycles. The summed E-state index contributed by atoms with van der Waals surface area (Å²) in [5, 5.41) is 5.84. The first-order chi connectivity index (χ1) is 22.6. The molecule has 2 heterocycles. The number of likely N-dealkylation sites (tertiary alicyclic amines) is 1. The highest BCUT2D eigenvalue weighted by atomic mass is 32.2. The number of carbonyl (C=O) groups is 1. The fourth-order valence-electron chi connectivity index (χ4n) is 8.57. The normalized spacial score (nSPS) is 24.2. The number of benzene rings is 2. The third kappa shape index (κ3) is 7.44. The minimum atomic E-state index is -3.19. The predicted molar refractivity (Wildman–Crippen MR) is 175 cm³/mol. The second-order valence-corrected chi connectivity index (χ2v) is 16.2. The van der Waals surface area contributed by atoms with Gasteiger partial charge in [-0.1, -0.05) is 18.6 Å². The van der Waals surface area contributed by atoms with E-state index in [0.717, 1.165) is 88.9 Å². The number of nitrogens with zero attached hydrogens (tertiary/aromatic N) is 2. The number of hydrogen-bond donors (Lipinski definition) is 2. The molecule has 0 aromatic heterocycles. The van der Waals surface area contributed by atoms with Crippen molar-refractivity contribution in [3.05, 3.63) is 59.9 Å². The smallest absolute Gasteiger partial charge is 0.407 e. The van der Waals surface area contributed by atoms with Crippen LogP contribution in [0.15, 0.2) is 53.4 Å². The van der Waals surface area contributed by atoms with E-state index in [4.69, 9.17) is 4.74 Å². The number of carbonyl (C=O) groups excluding carboxylic acids is 1. The van der Waals surface area contributed by atoms with Crippen molar-refractivity contribution in [3.8, 4) is 0 Å². The average molecular weight is 677 g/mol. The molecule has 0 bridgehead atoms. The van der Waals surface area contributed by atoms with Crippen molar-refractivity contribution in [2.45, 2.75) is 73.0 Å². The molecule has 2 aliphatic heterocycles. The van der Waals surface area contributed by atoms with Crippen LogP contribution in [0.2, 0.25) is 0 Å². The summed E-state index contributed by atoms with van der Waals surface area (Å²) in [6.07, 6.45) is 2.58. The Morgan fingerprint density at radius 1 is 1.02 bits per heavy atom. The molecule has 0 radical (unpaired) electrons. The van der Waals surface area contributed by atoms with Crippen LogP contribution in [-0.4, -0.2) is 90.1 Å². The number of sulfone groups is 1. The molecule has 4 fully saturated rings. The van der Waals surface area contributed by atoms with Gasteiger partial charge in [0.25, 0.3) is 6.43 Å². The lowest BCUT2D eigenvalue weighted by atomic mass is 9.58. The van der Waals surface area contributed by atoms with Gasteiger partial charge in [0.1, 0.15) is 5.82 Å². The number of anilines is 1. The maximum absolute atomic E-state index is 14.8. The Morgan fingerprint density at radius 2 is 1.74 bits per heavy atom. The number of alkyl halides is 2. The van der Waals surface area contributed by atoms with E-state index in [1.54, 1.807) is 24.3 Å². The van der Waals surface area contributed by atoms with E-state index < -0.39 is 34.3 Å². The standard InChI is InChI=1S/C35H47F3N4O4S/c1-46-34(43)40-32-7-3-6-31(32)35(23-39-19-33(37)38,26-4-2-5-27(36)18-26)25-14-16-41(17-15-25)20-24-21-42(22-24)28-8-10-29(11-9-28)47(44,45)30-12-13-30/h2,4-5,8-11,18,24-25,30-33,39H,3,6-7,12-17,19-23H2,1H3,(H,40,43)/t31-,32-,35-/m0/s1. The molecule has 4 aliphatic rings. The van der Waals surface area contributed by atoms with Gasteiger partial charge >= 0.3 is 6.09 Å². The van der Waals surface area contributed by atoms with Gasteiger partial charge < -0.3 is 25.2 Å². The molecule has 0 unspecified atom stereocenters. The maximum Gasteiger partial charge on any atom is 0.407 e. The Morgan fingerprint density at radius 3 is 2.38 bits per heavy atom. The number of ether oxygens (including phenoxy) is 1. The second kappa shape index (κ2) is 14.3. The van der Waals surface area contributed by atoms with E-state index in [0.29, 0.717) is 10.8 Å². The first kappa shape index (κ1) is 34.0. The minimum absolute atomic E-state index is 0.0732. The Labute approximate surface area is 276 Å². The molecule has 8 nitrogen and oxygen atoms in total. The average Bonchev–Trinajstić information content (AvgIpc) is 3.81. The molecule has 12 heteroatoms. The van der Waals surface area contributed by atoms with Gasteiger partial charge in [0.2, 0.25) is 0 Å². The number of alkyl carbamates (subject to hydrolysis) is 1. The van der Waals surface area contributed by atoms with Crippen molar-refractivity contribution in [3.63, 3.8) is 0 Å². The summed E-state index contributed by atoms with van der Waals surface area (Å²) < 4.78 is 71.6. The van der Waals surface area contributed by atoms with Gasteiger partial charge in [0.05, 0.1) is 23.8 Å². The van der Waals surface area contributed by atoms with Gasteiger partial charge in [-0.15, -0.1) is 0 Å². The highest BCUT2D eigenvalue weighted by Crippen LogP contribution is 2.50. The molecule has 47 heavy (non-hydrogen) atoms. The Hall–Kier alpha value is -2.83. The lowest BCUT2D eigenvalue weighted by Crippen LogP contribution is -2.58. The molecule has 1 amide bonds. The van der Waals surface area contributed by atoms with Gasteiger partial charge in [-0.3, -0.25) is 0 Å². The quantitative estimate of drug-likeness (QED) is 0.301. The number of methoxy groups -OCH3 is 1. The van der Waals surface area contributed by atoms with Crippen LogP contribution in [0.3, 0.4) is 0 Å². The Bertz CT molecular complexity index is 1480. The van der Waals surface area contributed by atoms with E-state index in [-0.39, 0.29) is 35.5 Å². The predicted octanol–water partition coefficient (Wildman–Crippen LogP) is 5.23. The van der Waals surface area contributed by atoms with Crippen LogP contribution in [0.5, 0.6) is 0 Å². The van der Waals surface area contributed by atoms with Crippen LogP contribution in [0.4, 0.5) is 23.7 Å². The van der Waals surface area contributed by atoms with Crippen LogP contribution in [-0.2, 0) is 20.0 Å². The maximum atomic E-state index is 14.8. The third-order valence-electron chi connectivity index (χ3n) is 11.0. The highest BCUT2D eigenvalue weighted by molar-refractivity contribution is 7.92. The van der Waals surface area contributed by atoms with E-state index in [2.05, 4.69) is 20.4 Å². The van der Waals surface area contributed by atoms with Crippen LogP contribution >= 0.6 is 0 Å². The van der Waals surface area contributed by atoms with Gasteiger partial charge in [0, 0.05) is 49.2 Å². The molecule has 6 rings (SSSR count). The van der Waals surface area contributed by atoms with Crippen molar-refractivity contribution >= 4 is 21.6 Å². The van der Waals surface area contributed by atoms with Gasteiger partial charge in [-0.25, -0.2) is 26.4 Å². The van der Waals surface area contributed by atoms with Crippen molar-refractivity contribution in [1.82, 2.24) is 15.5 Å². The van der Waals surface area contributed by atoms with Crippen molar-refractivity contribution in [2.24, 2.45) is 17.8 Å². The van der Waals surface area contributed by atoms with Crippen molar-refractivity contribution < 1.29 is 31.1 Å². The van der Waals surface area contributed by atoms with Crippen LogP contribution in [0.1, 0.15) is 50.5 Å². The summed E-state index contributed by atoms with van der Waals surface area (Å²) >= 11 is 0. The Balaban J connectivity index is 1.13. The zero-order valence-electron chi connectivity index (χ0n) is 27.1. The van der Waals surface area contributed by atoms with Gasteiger partial charge in [0.15, 0.2) is 9.84 Å². The number of piperidine rings is 1. The molecule has 2 N–H and O–H groups in total.